The second-order valence-corrected chi connectivity index (χ2v) is 6.49. The Labute approximate surface area is 108 Å². The van der Waals surface area contributed by atoms with E-state index in [0.717, 1.165) is 18.4 Å². The number of fused-ring (bicyclic) bond motifs is 2. The van der Waals surface area contributed by atoms with Crippen LogP contribution in [0, 0.1) is 11.8 Å². The van der Waals surface area contributed by atoms with Gasteiger partial charge >= 0.3 is 0 Å². The Balaban J connectivity index is 1.52. The molecule has 2 atom stereocenters. The molecule has 1 aromatic heterocycles. The molecule has 1 saturated carbocycles. The van der Waals surface area contributed by atoms with Crippen LogP contribution in [0.1, 0.15) is 30.6 Å². The number of likely N-dealkylation sites (tertiary alicyclic amines) is 1. The highest BCUT2D eigenvalue weighted by molar-refractivity contribution is 7.10. The third-order valence-corrected chi connectivity index (χ3v) is 5.05. The lowest BCUT2D eigenvalue weighted by molar-refractivity contribution is 0.260. The van der Waals surface area contributed by atoms with Gasteiger partial charge in [0.05, 0.1) is 0 Å². The van der Waals surface area contributed by atoms with E-state index < -0.39 is 0 Å². The lowest BCUT2D eigenvalue weighted by Gasteiger charge is -2.22. The normalized spacial score (nSPS) is 29.9. The first-order valence-corrected chi connectivity index (χ1v) is 7.70. The molecule has 0 unspecified atom stereocenters. The molecule has 1 aromatic rings. The van der Waals surface area contributed by atoms with Gasteiger partial charge < -0.3 is 0 Å². The van der Waals surface area contributed by atoms with E-state index in [2.05, 4.69) is 34.6 Å². The van der Waals surface area contributed by atoms with Crippen molar-refractivity contribution >= 4 is 17.4 Å². The van der Waals surface area contributed by atoms with Crippen molar-refractivity contribution in [3.05, 3.63) is 28.5 Å². The van der Waals surface area contributed by atoms with Gasteiger partial charge in [0, 0.05) is 18.0 Å². The molecule has 2 aliphatic rings. The Bertz CT molecular complexity index is 368. The van der Waals surface area contributed by atoms with Crippen LogP contribution in [-0.4, -0.2) is 24.5 Å². The zero-order valence-corrected chi connectivity index (χ0v) is 11.2. The van der Waals surface area contributed by atoms with Crippen molar-refractivity contribution in [2.75, 3.05) is 19.6 Å². The highest BCUT2D eigenvalue weighted by Crippen LogP contribution is 2.36. The number of rotatable bonds is 3. The van der Waals surface area contributed by atoms with Crippen molar-refractivity contribution in [3.8, 4) is 0 Å². The molecule has 0 spiro atoms. The van der Waals surface area contributed by atoms with Crippen LogP contribution in [0.4, 0.5) is 0 Å². The number of hydrogen-bond acceptors (Lipinski definition) is 2. The molecule has 2 bridgehead atoms. The minimum absolute atomic E-state index is 0.998. The molecule has 0 amide bonds. The van der Waals surface area contributed by atoms with Gasteiger partial charge in [-0.2, -0.15) is 0 Å². The summed E-state index contributed by atoms with van der Waals surface area (Å²) in [6.45, 7) is 3.79. The predicted molar refractivity (Wildman–Crippen MR) is 75.2 cm³/mol. The zero-order valence-electron chi connectivity index (χ0n) is 10.3. The van der Waals surface area contributed by atoms with Crippen molar-refractivity contribution in [2.24, 2.45) is 11.8 Å². The minimum Gasteiger partial charge on any atom is -0.299 e. The lowest BCUT2D eigenvalue weighted by atomic mass is 10.0. The van der Waals surface area contributed by atoms with Crippen LogP contribution in [0.15, 0.2) is 23.6 Å². The SMILES string of the molecule is C(=C\c1cccs1)/CN1CC[C@@H]2CC[C@@H](C2)C1. The third-order valence-electron chi connectivity index (χ3n) is 4.21. The van der Waals surface area contributed by atoms with Crippen molar-refractivity contribution in [3.63, 3.8) is 0 Å². The molecule has 2 fully saturated rings. The van der Waals surface area contributed by atoms with Crippen molar-refractivity contribution in [1.29, 1.82) is 0 Å². The fraction of sp³-hybridized carbons (Fsp3) is 0.600. The Kier molecular flexibility index (Phi) is 3.62. The molecule has 92 valence electrons. The zero-order chi connectivity index (χ0) is 11.5. The first kappa shape index (κ1) is 11.5. The Morgan fingerprint density at radius 2 is 2.24 bits per heavy atom. The van der Waals surface area contributed by atoms with Crippen LogP contribution in [0.25, 0.3) is 6.08 Å². The summed E-state index contributed by atoms with van der Waals surface area (Å²) >= 11 is 1.82. The van der Waals surface area contributed by atoms with E-state index in [0.29, 0.717) is 0 Å². The number of nitrogens with zero attached hydrogens (tertiary/aromatic N) is 1. The van der Waals surface area contributed by atoms with Crippen LogP contribution in [0.3, 0.4) is 0 Å². The molecule has 0 radical (unpaired) electrons. The molecular weight excluding hydrogens is 226 g/mol. The quantitative estimate of drug-likeness (QED) is 0.783. The molecule has 1 aliphatic carbocycles. The highest BCUT2D eigenvalue weighted by Gasteiger charge is 2.29. The van der Waals surface area contributed by atoms with Gasteiger partial charge in [-0.1, -0.05) is 18.6 Å². The maximum atomic E-state index is 2.65. The summed E-state index contributed by atoms with van der Waals surface area (Å²) in [4.78, 5) is 4.02. The van der Waals surface area contributed by atoms with E-state index >= 15 is 0 Å². The van der Waals surface area contributed by atoms with E-state index in [1.165, 1.54) is 43.6 Å². The van der Waals surface area contributed by atoms with Crippen LogP contribution >= 0.6 is 11.3 Å². The van der Waals surface area contributed by atoms with Crippen molar-refractivity contribution < 1.29 is 0 Å². The largest absolute Gasteiger partial charge is 0.299 e. The van der Waals surface area contributed by atoms with E-state index in [1.807, 2.05) is 11.3 Å². The maximum absolute atomic E-state index is 2.65. The summed E-state index contributed by atoms with van der Waals surface area (Å²) < 4.78 is 0. The molecule has 0 aromatic carbocycles. The van der Waals surface area contributed by atoms with Crippen LogP contribution in [0.2, 0.25) is 0 Å². The Morgan fingerprint density at radius 1 is 1.29 bits per heavy atom. The number of hydrogen-bond donors (Lipinski definition) is 0. The summed E-state index contributed by atoms with van der Waals surface area (Å²) in [6.07, 6.45) is 10.5. The van der Waals surface area contributed by atoms with Gasteiger partial charge in [-0.15, -0.1) is 11.3 Å². The van der Waals surface area contributed by atoms with Crippen molar-refractivity contribution in [1.82, 2.24) is 4.90 Å². The summed E-state index contributed by atoms with van der Waals surface area (Å²) in [5, 5.41) is 2.14. The summed E-state index contributed by atoms with van der Waals surface area (Å²) in [6, 6.07) is 4.31. The van der Waals surface area contributed by atoms with E-state index in [1.54, 1.807) is 0 Å². The molecule has 2 heteroatoms. The Hall–Kier alpha value is -0.600. The van der Waals surface area contributed by atoms with Crippen molar-refractivity contribution in [2.45, 2.75) is 25.7 Å². The standard InChI is InChI=1S/C15H21NS/c1(3-15-4-2-10-17-15)8-16-9-7-13-5-6-14(11-13)12-16/h1-4,10,13-14H,5-9,11-12H2/b3-1+/t13-,14-/m0/s1. The second kappa shape index (κ2) is 5.36. The first-order chi connectivity index (χ1) is 8.40. The van der Waals surface area contributed by atoms with Gasteiger partial charge in [0.15, 0.2) is 0 Å². The second-order valence-electron chi connectivity index (χ2n) is 5.51. The summed E-state index contributed by atoms with van der Waals surface area (Å²) in [5.41, 5.74) is 0. The maximum Gasteiger partial charge on any atom is 0.0267 e. The molecule has 1 nitrogen and oxygen atoms in total. The first-order valence-electron chi connectivity index (χ1n) is 6.82. The van der Waals surface area contributed by atoms with Crippen LogP contribution in [-0.2, 0) is 0 Å². The average molecular weight is 247 g/mol. The van der Waals surface area contributed by atoms with Gasteiger partial charge in [-0.25, -0.2) is 0 Å². The van der Waals surface area contributed by atoms with Crippen LogP contribution in [0.5, 0.6) is 0 Å². The highest BCUT2D eigenvalue weighted by atomic mass is 32.1. The molecule has 0 N–H and O–H groups in total. The average Bonchev–Trinajstić information content (AvgIpc) is 2.91. The summed E-state index contributed by atoms with van der Waals surface area (Å²) in [7, 11) is 0. The van der Waals surface area contributed by atoms with Gasteiger partial charge in [0.25, 0.3) is 0 Å². The van der Waals surface area contributed by atoms with Crippen LogP contribution < -0.4 is 0 Å². The van der Waals surface area contributed by atoms with Gasteiger partial charge in [-0.3, -0.25) is 4.90 Å². The molecular formula is C15H21NS. The number of thiophene rings is 1. The lowest BCUT2D eigenvalue weighted by Crippen LogP contribution is -2.29. The molecule has 1 aliphatic heterocycles. The Morgan fingerprint density at radius 3 is 3.12 bits per heavy atom. The fourth-order valence-electron chi connectivity index (χ4n) is 3.30. The smallest absolute Gasteiger partial charge is 0.0267 e. The summed E-state index contributed by atoms with van der Waals surface area (Å²) in [5.74, 6) is 2.05. The van der Waals surface area contributed by atoms with Gasteiger partial charge in [-0.05, 0) is 55.2 Å². The monoisotopic (exact) mass is 247 g/mol. The van der Waals surface area contributed by atoms with Gasteiger partial charge in [0.2, 0.25) is 0 Å². The third kappa shape index (κ3) is 2.99. The van der Waals surface area contributed by atoms with E-state index in [9.17, 15) is 0 Å². The predicted octanol–water partition coefficient (Wildman–Crippen LogP) is 3.88. The van der Waals surface area contributed by atoms with Gasteiger partial charge in [0.1, 0.15) is 0 Å². The minimum atomic E-state index is 0.998. The molecule has 17 heavy (non-hydrogen) atoms. The molecule has 3 rings (SSSR count). The van der Waals surface area contributed by atoms with E-state index in [4.69, 9.17) is 0 Å². The van der Waals surface area contributed by atoms with E-state index in [-0.39, 0.29) is 0 Å². The topological polar surface area (TPSA) is 3.24 Å². The molecule has 2 heterocycles. The molecule has 1 saturated heterocycles. The fourth-order valence-corrected chi connectivity index (χ4v) is 3.94.